The van der Waals surface area contributed by atoms with Gasteiger partial charge in [0.2, 0.25) is 0 Å². The van der Waals surface area contributed by atoms with Gasteiger partial charge in [-0.05, 0) is 44.3 Å². The molecule has 0 spiro atoms. The van der Waals surface area contributed by atoms with Crippen LogP contribution in [0.2, 0.25) is 5.02 Å². The number of aromatic amines is 1. The minimum Gasteiger partial charge on any atom is -0.353 e. The lowest BCUT2D eigenvalue weighted by Gasteiger charge is -2.33. The van der Waals surface area contributed by atoms with Gasteiger partial charge in [0.15, 0.2) is 5.65 Å². The minimum atomic E-state index is -0.460. The third-order valence-corrected chi connectivity index (χ3v) is 6.81. The highest BCUT2D eigenvalue weighted by atomic mass is 35.5. The minimum absolute atomic E-state index is 0.0561. The van der Waals surface area contributed by atoms with E-state index in [-0.39, 0.29) is 5.02 Å². The van der Waals surface area contributed by atoms with Gasteiger partial charge in [-0.1, -0.05) is 17.7 Å². The number of halogens is 2. The third kappa shape index (κ3) is 3.96. The largest absolute Gasteiger partial charge is 0.353 e. The number of aryl methyl sites for hydroxylation is 1. The van der Waals surface area contributed by atoms with E-state index in [1.165, 1.54) is 6.07 Å². The summed E-state index contributed by atoms with van der Waals surface area (Å²) in [6.07, 6.45) is 3.80. The van der Waals surface area contributed by atoms with E-state index in [0.717, 1.165) is 65.7 Å². The standard InChI is InChI=1S/C25H24ClFN8/c1-15-18-11-16(3-6-21(18)32-31-15)24-25(29-17-4-5-20(27)19(26)12-17)35-14-23(28-13-22(35)30-24)34-9-7-33(2)8-10-34/h3-6,11-14,29H,7-10H2,1-2H3,(H,31,32). The van der Waals surface area contributed by atoms with Crippen LogP contribution in [0, 0.1) is 12.7 Å². The van der Waals surface area contributed by atoms with Gasteiger partial charge in [-0.25, -0.2) is 14.4 Å². The lowest BCUT2D eigenvalue weighted by molar-refractivity contribution is 0.312. The Kier molecular flexibility index (Phi) is 5.31. The lowest BCUT2D eigenvalue weighted by Crippen LogP contribution is -2.44. The molecular weight excluding hydrogens is 467 g/mol. The van der Waals surface area contributed by atoms with Gasteiger partial charge in [-0.15, -0.1) is 0 Å². The van der Waals surface area contributed by atoms with E-state index in [9.17, 15) is 4.39 Å². The zero-order valence-electron chi connectivity index (χ0n) is 19.4. The van der Waals surface area contributed by atoms with Gasteiger partial charge in [-0.3, -0.25) is 9.50 Å². The maximum absolute atomic E-state index is 13.8. The first kappa shape index (κ1) is 21.8. The van der Waals surface area contributed by atoms with Gasteiger partial charge < -0.3 is 15.1 Å². The van der Waals surface area contributed by atoms with Crippen molar-refractivity contribution >= 4 is 45.5 Å². The summed E-state index contributed by atoms with van der Waals surface area (Å²) in [6.45, 7) is 5.78. The summed E-state index contributed by atoms with van der Waals surface area (Å²) in [4.78, 5) is 14.2. The van der Waals surface area contributed by atoms with Crippen molar-refractivity contribution in [1.29, 1.82) is 0 Å². The normalized spacial score (nSPS) is 14.8. The molecule has 0 unspecified atom stereocenters. The summed E-state index contributed by atoms with van der Waals surface area (Å²) in [6, 6.07) is 10.6. The molecule has 0 amide bonds. The molecule has 1 aliphatic rings. The Labute approximate surface area is 206 Å². The fraction of sp³-hybridized carbons (Fsp3) is 0.240. The second-order valence-electron chi connectivity index (χ2n) is 8.91. The highest BCUT2D eigenvalue weighted by Crippen LogP contribution is 2.34. The highest BCUT2D eigenvalue weighted by Gasteiger charge is 2.20. The Balaban J connectivity index is 1.50. The van der Waals surface area contributed by atoms with Crippen molar-refractivity contribution < 1.29 is 4.39 Å². The monoisotopic (exact) mass is 490 g/mol. The number of rotatable bonds is 4. The van der Waals surface area contributed by atoms with E-state index in [0.29, 0.717) is 11.3 Å². The van der Waals surface area contributed by atoms with E-state index in [4.69, 9.17) is 21.6 Å². The molecule has 3 aromatic heterocycles. The van der Waals surface area contributed by atoms with Crippen LogP contribution in [0.4, 0.5) is 21.7 Å². The highest BCUT2D eigenvalue weighted by molar-refractivity contribution is 6.31. The van der Waals surface area contributed by atoms with Gasteiger partial charge in [-0.2, -0.15) is 5.10 Å². The first-order chi connectivity index (χ1) is 17.0. The SMILES string of the molecule is Cc1[nH]nc2ccc(-c3nc4cnc(N5CCN(C)CC5)cn4c3Nc3ccc(F)c(Cl)c3)cc12. The second-order valence-corrected chi connectivity index (χ2v) is 9.31. The number of hydrogen-bond acceptors (Lipinski definition) is 6. The molecule has 1 saturated heterocycles. The predicted molar refractivity (Wildman–Crippen MR) is 137 cm³/mol. The quantitative estimate of drug-likeness (QED) is 0.374. The number of likely N-dealkylation sites (N-methyl/N-ethyl adjacent to an activating group) is 1. The fourth-order valence-electron chi connectivity index (χ4n) is 4.46. The van der Waals surface area contributed by atoms with E-state index in [1.807, 2.05) is 29.7 Å². The second kappa shape index (κ2) is 8.51. The van der Waals surface area contributed by atoms with Crippen molar-refractivity contribution in [1.82, 2.24) is 29.5 Å². The summed E-state index contributed by atoms with van der Waals surface area (Å²) in [5, 5.41) is 11.9. The number of nitrogens with zero attached hydrogens (tertiary/aromatic N) is 6. The summed E-state index contributed by atoms with van der Waals surface area (Å²) >= 11 is 6.07. The first-order valence-corrected chi connectivity index (χ1v) is 11.8. The Morgan fingerprint density at radius 2 is 1.91 bits per heavy atom. The third-order valence-electron chi connectivity index (χ3n) is 6.52. The average Bonchev–Trinajstić information content (AvgIpc) is 3.41. The van der Waals surface area contributed by atoms with E-state index >= 15 is 0 Å². The molecule has 2 aromatic carbocycles. The molecule has 0 atom stereocenters. The van der Waals surface area contributed by atoms with Crippen LogP contribution in [0.15, 0.2) is 48.8 Å². The first-order valence-electron chi connectivity index (χ1n) is 11.4. The van der Waals surface area contributed by atoms with Gasteiger partial charge >= 0.3 is 0 Å². The van der Waals surface area contributed by atoms with Crippen molar-refractivity contribution in [3.8, 4) is 11.3 Å². The number of hydrogen-bond donors (Lipinski definition) is 2. The molecule has 2 N–H and O–H groups in total. The zero-order chi connectivity index (χ0) is 24.1. The molecule has 1 fully saturated rings. The Bertz CT molecular complexity index is 1550. The van der Waals surface area contributed by atoms with Crippen LogP contribution in [-0.2, 0) is 0 Å². The smallest absolute Gasteiger partial charge is 0.157 e. The Morgan fingerprint density at radius 1 is 1.09 bits per heavy atom. The van der Waals surface area contributed by atoms with Gasteiger partial charge in [0, 0.05) is 48.5 Å². The van der Waals surface area contributed by atoms with Crippen LogP contribution < -0.4 is 10.2 Å². The molecule has 6 rings (SSSR count). The average molecular weight is 491 g/mol. The van der Waals surface area contributed by atoms with Crippen molar-refractivity contribution in [2.75, 3.05) is 43.4 Å². The number of fused-ring (bicyclic) bond motifs is 2. The molecule has 0 radical (unpaired) electrons. The number of aromatic nitrogens is 5. The molecule has 8 nitrogen and oxygen atoms in total. The molecule has 0 saturated carbocycles. The number of piperazine rings is 1. The summed E-state index contributed by atoms with van der Waals surface area (Å²) in [5.41, 5.74) is 4.95. The van der Waals surface area contributed by atoms with Crippen molar-refractivity contribution in [2.24, 2.45) is 0 Å². The number of imidazole rings is 1. The zero-order valence-corrected chi connectivity index (χ0v) is 20.1. The lowest BCUT2D eigenvalue weighted by atomic mass is 10.1. The molecule has 1 aliphatic heterocycles. The number of benzene rings is 2. The number of anilines is 3. The molecule has 0 bridgehead atoms. The summed E-state index contributed by atoms with van der Waals surface area (Å²) in [5.74, 6) is 1.18. The maximum Gasteiger partial charge on any atom is 0.157 e. The number of nitrogens with one attached hydrogen (secondary N) is 2. The van der Waals surface area contributed by atoms with E-state index in [2.05, 4.69) is 38.4 Å². The van der Waals surface area contributed by atoms with E-state index in [1.54, 1.807) is 18.3 Å². The molecular formula is C25H24ClFN8. The van der Waals surface area contributed by atoms with Crippen LogP contribution in [0.1, 0.15) is 5.69 Å². The molecule has 35 heavy (non-hydrogen) atoms. The Hall–Kier alpha value is -3.69. The predicted octanol–water partition coefficient (Wildman–Crippen LogP) is 4.87. The maximum atomic E-state index is 13.8. The van der Waals surface area contributed by atoms with Crippen molar-refractivity contribution in [3.05, 3.63) is 65.3 Å². The number of H-pyrrole nitrogens is 1. The summed E-state index contributed by atoms with van der Waals surface area (Å²) < 4.78 is 15.8. The van der Waals surface area contributed by atoms with Crippen molar-refractivity contribution in [3.63, 3.8) is 0 Å². The Morgan fingerprint density at radius 3 is 2.71 bits per heavy atom. The summed E-state index contributed by atoms with van der Waals surface area (Å²) in [7, 11) is 2.13. The fourth-order valence-corrected chi connectivity index (χ4v) is 4.64. The van der Waals surface area contributed by atoms with E-state index < -0.39 is 5.82 Å². The van der Waals surface area contributed by atoms with Crippen LogP contribution in [0.5, 0.6) is 0 Å². The van der Waals surface area contributed by atoms with Gasteiger partial charge in [0.25, 0.3) is 0 Å². The van der Waals surface area contributed by atoms with Gasteiger partial charge in [0.1, 0.15) is 23.1 Å². The molecule has 10 heteroatoms. The van der Waals surface area contributed by atoms with Gasteiger partial charge in [0.05, 0.1) is 22.9 Å². The molecule has 4 heterocycles. The van der Waals surface area contributed by atoms with Crippen molar-refractivity contribution in [2.45, 2.75) is 6.92 Å². The molecule has 5 aromatic rings. The van der Waals surface area contributed by atoms with Crippen LogP contribution in [0.25, 0.3) is 27.8 Å². The van der Waals surface area contributed by atoms with Crippen LogP contribution in [0.3, 0.4) is 0 Å². The van der Waals surface area contributed by atoms with Crippen LogP contribution in [-0.4, -0.2) is 62.7 Å². The molecule has 178 valence electrons. The van der Waals surface area contributed by atoms with Crippen LogP contribution >= 0.6 is 11.6 Å². The molecule has 0 aliphatic carbocycles. The topological polar surface area (TPSA) is 77.4 Å².